The summed E-state index contributed by atoms with van der Waals surface area (Å²) in [4.78, 5) is 16.8. The highest BCUT2D eigenvalue weighted by Crippen LogP contribution is 2.24. The topological polar surface area (TPSA) is 88.2 Å². The Morgan fingerprint density at radius 3 is 2.62 bits per heavy atom. The van der Waals surface area contributed by atoms with E-state index < -0.39 is 10.0 Å². The van der Waals surface area contributed by atoms with E-state index in [-0.39, 0.29) is 23.8 Å². The summed E-state index contributed by atoms with van der Waals surface area (Å²) < 4.78 is 27.6. The molecule has 1 amide bonds. The van der Waals surface area contributed by atoms with Gasteiger partial charge < -0.3 is 5.32 Å². The van der Waals surface area contributed by atoms with Gasteiger partial charge in [-0.2, -0.15) is 0 Å². The Morgan fingerprint density at radius 2 is 1.76 bits per heavy atom. The van der Waals surface area contributed by atoms with Crippen LogP contribution < -0.4 is 10.0 Å². The number of carbonyl (C=O) groups excluding carboxylic acids is 1. The molecule has 0 atom stereocenters. The van der Waals surface area contributed by atoms with Crippen LogP contribution in [0.2, 0.25) is 0 Å². The van der Waals surface area contributed by atoms with Gasteiger partial charge in [0.25, 0.3) is 0 Å². The van der Waals surface area contributed by atoms with Crippen LogP contribution in [0.5, 0.6) is 0 Å². The third-order valence-electron chi connectivity index (χ3n) is 5.14. The van der Waals surface area contributed by atoms with Crippen LogP contribution in [0.25, 0.3) is 10.9 Å². The van der Waals surface area contributed by atoms with Crippen molar-refractivity contribution < 1.29 is 13.2 Å². The molecule has 7 heteroatoms. The van der Waals surface area contributed by atoms with E-state index in [1.54, 1.807) is 18.2 Å². The summed E-state index contributed by atoms with van der Waals surface area (Å²) in [7, 11) is -3.64. The first-order valence-electron chi connectivity index (χ1n) is 9.78. The van der Waals surface area contributed by atoms with Gasteiger partial charge in [0.15, 0.2) is 0 Å². The third kappa shape index (κ3) is 4.63. The second-order valence-corrected chi connectivity index (χ2v) is 8.99. The minimum Gasteiger partial charge on any atom is -0.311 e. The molecule has 2 N–H and O–H groups in total. The van der Waals surface area contributed by atoms with Gasteiger partial charge >= 0.3 is 0 Å². The molecule has 150 valence electrons. The number of rotatable bonds is 6. The maximum atomic E-state index is 12.5. The number of benzene rings is 2. The number of hydrogen-bond donors (Lipinski definition) is 2. The van der Waals surface area contributed by atoms with Crippen LogP contribution in [0.1, 0.15) is 30.4 Å². The number of aromatic nitrogens is 1. The second kappa shape index (κ2) is 8.31. The Bertz CT molecular complexity index is 1160. The second-order valence-electron chi connectivity index (χ2n) is 7.22. The molecule has 0 unspecified atom stereocenters. The molecule has 1 heterocycles. The summed E-state index contributed by atoms with van der Waals surface area (Å²) in [6.07, 6.45) is 4.19. The Hall–Kier alpha value is -2.77. The molecule has 29 heavy (non-hydrogen) atoms. The average molecular weight is 410 g/mol. The smallest absolute Gasteiger partial charge is 0.240 e. The predicted octanol–water partition coefficient (Wildman–Crippen LogP) is 3.42. The first-order valence-corrected chi connectivity index (χ1v) is 11.3. The van der Waals surface area contributed by atoms with Gasteiger partial charge in [0.05, 0.1) is 10.4 Å². The lowest BCUT2D eigenvalue weighted by Crippen LogP contribution is -2.28. The van der Waals surface area contributed by atoms with Gasteiger partial charge in [-0.05, 0) is 67.1 Å². The van der Waals surface area contributed by atoms with E-state index >= 15 is 0 Å². The summed E-state index contributed by atoms with van der Waals surface area (Å²) in [5, 5.41) is 3.71. The lowest BCUT2D eigenvalue weighted by atomic mass is 9.92. The van der Waals surface area contributed by atoms with Crippen LogP contribution in [0.15, 0.2) is 59.5 Å². The molecule has 6 nitrogen and oxygen atoms in total. The van der Waals surface area contributed by atoms with Crippen LogP contribution in [-0.2, 0) is 27.7 Å². The molecular weight excluding hydrogens is 386 g/mol. The van der Waals surface area contributed by atoms with Crippen molar-refractivity contribution in [1.82, 2.24) is 9.71 Å². The minimum absolute atomic E-state index is 0.0265. The Morgan fingerprint density at radius 1 is 0.966 bits per heavy atom. The lowest BCUT2D eigenvalue weighted by molar-refractivity contribution is -0.116. The first-order chi connectivity index (χ1) is 14.0. The highest BCUT2D eigenvalue weighted by molar-refractivity contribution is 7.89. The zero-order valence-corrected chi connectivity index (χ0v) is 16.8. The normalized spacial score (nSPS) is 13.8. The largest absolute Gasteiger partial charge is 0.311 e. The summed E-state index contributed by atoms with van der Waals surface area (Å²) in [5.41, 5.74) is 3.13. The summed E-state index contributed by atoms with van der Waals surface area (Å²) >= 11 is 0. The highest BCUT2D eigenvalue weighted by Gasteiger charge is 2.18. The van der Waals surface area contributed by atoms with Crippen molar-refractivity contribution in [2.45, 2.75) is 37.0 Å². The summed E-state index contributed by atoms with van der Waals surface area (Å²) in [6.45, 7) is 0.0266. The van der Waals surface area contributed by atoms with Gasteiger partial charge in [-0.25, -0.2) is 18.1 Å². The van der Waals surface area contributed by atoms with Crippen molar-refractivity contribution >= 4 is 32.7 Å². The molecule has 0 bridgehead atoms. The van der Waals surface area contributed by atoms with E-state index in [9.17, 15) is 13.2 Å². The molecular formula is C22H23N3O3S. The van der Waals surface area contributed by atoms with Crippen LogP contribution in [-0.4, -0.2) is 25.9 Å². The van der Waals surface area contributed by atoms with E-state index in [2.05, 4.69) is 15.0 Å². The van der Waals surface area contributed by atoms with Gasteiger partial charge in [-0.3, -0.25) is 4.79 Å². The van der Waals surface area contributed by atoms with Crippen LogP contribution >= 0.6 is 0 Å². The molecule has 0 aliphatic heterocycles. The predicted molar refractivity (Wildman–Crippen MR) is 113 cm³/mol. The maximum Gasteiger partial charge on any atom is 0.240 e. The number of carbonyl (C=O) groups is 1. The van der Waals surface area contributed by atoms with E-state index in [4.69, 9.17) is 0 Å². The number of nitrogens with zero attached hydrogens (tertiary/aromatic N) is 1. The molecule has 1 aromatic heterocycles. The molecule has 1 aliphatic rings. The summed E-state index contributed by atoms with van der Waals surface area (Å²) in [5.74, 6) is 0.159. The fraction of sp³-hybridized carbons (Fsp3) is 0.273. The highest BCUT2D eigenvalue weighted by atomic mass is 32.2. The number of fused-ring (bicyclic) bond motifs is 2. The Labute approximate surface area is 170 Å². The molecule has 2 aromatic carbocycles. The summed E-state index contributed by atoms with van der Waals surface area (Å²) in [6, 6.07) is 16.6. The zero-order chi connectivity index (χ0) is 20.3. The SMILES string of the molecule is O=C(CCNS(=O)(=O)c1ccc2c(c1)CCCC2)Nc1ccc2ccccc2n1. The molecule has 0 saturated heterocycles. The third-order valence-corrected chi connectivity index (χ3v) is 6.60. The van der Waals surface area contributed by atoms with Gasteiger partial charge in [0, 0.05) is 18.4 Å². The van der Waals surface area contributed by atoms with E-state index in [0.29, 0.717) is 5.82 Å². The van der Waals surface area contributed by atoms with Gasteiger partial charge in [0.2, 0.25) is 15.9 Å². The lowest BCUT2D eigenvalue weighted by Gasteiger charge is -2.16. The monoisotopic (exact) mass is 409 g/mol. The molecule has 0 radical (unpaired) electrons. The number of nitrogens with one attached hydrogen (secondary N) is 2. The van der Waals surface area contributed by atoms with Crippen molar-refractivity contribution in [2.24, 2.45) is 0 Å². The van der Waals surface area contributed by atoms with E-state index in [1.165, 1.54) is 5.56 Å². The van der Waals surface area contributed by atoms with Crippen LogP contribution in [0.3, 0.4) is 0 Å². The van der Waals surface area contributed by atoms with Crippen molar-refractivity contribution in [3.05, 3.63) is 65.7 Å². The zero-order valence-electron chi connectivity index (χ0n) is 16.0. The fourth-order valence-electron chi connectivity index (χ4n) is 3.60. The quantitative estimate of drug-likeness (QED) is 0.653. The molecule has 0 spiro atoms. The van der Waals surface area contributed by atoms with Crippen molar-refractivity contribution in [2.75, 3.05) is 11.9 Å². The van der Waals surface area contributed by atoms with Crippen molar-refractivity contribution in [1.29, 1.82) is 0 Å². The molecule has 0 fully saturated rings. The molecule has 3 aromatic rings. The number of anilines is 1. The van der Waals surface area contributed by atoms with Gasteiger partial charge in [-0.15, -0.1) is 0 Å². The number of hydrogen-bond acceptors (Lipinski definition) is 4. The minimum atomic E-state index is -3.64. The fourth-order valence-corrected chi connectivity index (χ4v) is 4.68. The molecule has 4 rings (SSSR count). The Balaban J connectivity index is 1.34. The van der Waals surface area contributed by atoms with Gasteiger partial charge in [0.1, 0.15) is 5.82 Å². The standard InChI is InChI=1S/C22H23N3O3S/c26-22(25-21-12-10-17-6-3-4-8-20(17)24-21)13-14-23-29(27,28)19-11-9-16-5-1-2-7-18(16)15-19/h3-4,6,8-12,15,23H,1-2,5,7,13-14H2,(H,24,25,26). The first kappa shape index (κ1) is 19.5. The maximum absolute atomic E-state index is 12.5. The number of aryl methyl sites for hydroxylation is 2. The van der Waals surface area contributed by atoms with Crippen LogP contribution in [0.4, 0.5) is 5.82 Å². The number of sulfonamides is 1. The molecule has 1 aliphatic carbocycles. The number of amides is 1. The average Bonchev–Trinajstić information content (AvgIpc) is 2.73. The van der Waals surface area contributed by atoms with Crippen molar-refractivity contribution in [3.8, 4) is 0 Å². The number of pyridine rings is 1. The molecule has 0 saturated carbocycles. The van der Waals surface area contributed by atoms with Gasteiger partial charge in [-0.1, -0.05) is 24.3 Å². The van der Waals surface area contributed by atoms with Crippen LogP contribution in [0, 0.1) is 0 Å². The number of para-hydroxylation sites is 1. The van der Waals surface area contributed by atoms with E-state index in [1.807, 2.05) is 36.4 Å². The van der Waals surface area contributed by atoms with Crippen molar-refractivity contribution in [3.63, 3.8) is 0 Å². The Kier molecular flexibility index (Phi) is 5.60. The van der Waals surface area contributed by atoms with E-state index in [0.717, 1.165) is 42.1 Å².